The molecule has 34 heavy (non-hydrogen) atoms. The molecule has 6 rings (SSSR count). The molecule has 0 spiro atoms. The van der Waals surface area contributed by atoms with Crippen molar-refractivity contribution in [1.29, 1.82) is 0 Å². The van der Waals surface area contributed by atoms with Crippen LogP contribution in [0.15, 0.2) is 72.8 Å². The molecule has 2 N–H and O–H groups in total. The minimum Gasteiger partial charge on any atom is -0.497 e. The lowest BCUT2D eigenvalue weighted by atomic mass is 9.56. The second-order valence-electron chi connectivity index (χ2n) is 9.89. The van der Waals surface area contributed by atoms with Gasteiger partial charge >= 0.3 is 0 Å². The van der Waals surface area contributed by atoms with Crippen LogP contribution in [0.5, 0.6) is 5.75 Å². The summed E-state index contributed by atoms with van der Waals surface area (Å²) in [6.07, 6.45) is 2.18. The molecule has 0 saturated carbocycles. The second-order valence-corrected chi connectivity index (χ2v) is 10.3. The number of nitrogens with zero attached hydrogens (tertiary/aromatic N) is 1. The van der Waals surface area contributed by atoms with E-state index in [1.165, 1.54) is 11.3 Å². The third-order valence-corrected chi connectivity index (χ3v) is 8.33. The smallest absolute Gasteiger partial charge is 0.119 e. The standard InChI is InChI=1S/C29H29ClN2O2/c1-34-22-10-5-9-21(15-22)28-13-14-32(18-20-7-3-2-4-8-20)19-29(28,33)16-23-26(17-28)31-25-12-6-11-24(30)27(23)25/h2-12,15,31,33H,13-14,16-19H2,1H3/t28-,29-/m0/s1. The number of hydrogen-bond acceptors (Lipinski definition) is 3. The van der Waals surface area contributed by atoms with E-state index in [-0.39, 0.29) is 0 Å². The van der Waals surface area contributed by atoms with Crippen molar-refractivity contribution in [1.82, 2.24) is 9.88 Å². The maximum atomic E-state index is 12.6. The first-order valence-corrected chi connectivity index (χ1v) is 12.3. The van der Waals surface area contributed by atoms with Crippen molar-refractivity contribution >= 4 is 22.5 Å². The monoisotopic (exact) mass is 472 g/mol. The first-order valence-electron chi connectivity index (χ1n) is 11.9. The zero-order chi connectivity index (χ0) is 23.3. The predicted molar refractivity (Wildman–Crippen MR) is 137 cm³/mol. The number of aromatic amines is 1. The van der Waals surface area contributed by atoms with E-state index in [4.69, 9.17) is 16.3 Å². The molecule has 2 atom stereocenters. The van der Waals surface area contributed by atoms with Gasteiger partial charge < -0.3 is 14.8 Å². The summed E-state index contributed by atoms with van der Waals surface area (Å²) in [4.78, 5) is 6.04. The summed E-state index contributed by atoms with van der Waals surface area (Å²) in [5, 5.41) is 14.4. The van der Waals surface area contributed by atoms with Crippen molar-refractivity contribution < 1.29 is 9.84 Å². The van der Waals surface area contributed by atoms with Gasteiger partial charge in [-0.15, -0.1) is 0 Å². The molecule has 0 unspecified atom stereocenters. The van der Waals surface area contributed by atoms with Crippen LogP contribution in [-0.4, -0.2) is 40.8 Å². The molecular weight excluding hydrogens is 444 g/mol. The van der Waals surface area contributed by atoms with Gasteiger partial charge in [-0.3, -0.25) is 4.90 Å². The fourth-order valence-corrected chi connectivity index (χ4v) is 6.63. The fraction of sp³-hybridized carbons (Fsp3) is 0.310. The highest BCUT2D eigenvalue weighted by atomic mass is 35.5. The van der Waals surface area contributed by atoms with Crippen LogP contribution in [-0.2, 0) is 24.8 Å². The minimum absolute atomic E-state index is 0.408. The maximum Gasteiger partial charge on any atom is 0.119 e. The molecule has 0 radical (unpaired) electrons. The van der Waals surface area contributed by atoms with E-state index in [2.05, 4.69) is 52.3 Å². The van der Waals surface area contributed by atoms with Crippen LogP contribution in [0.3, 0.4) is 0 Å². The topological polar surface area (TPSA) is 48.5 Å². The van der Waals surface area contributed by atoms with Crippen molar-refractivity contribution in [2.75, 3.05) is 20.2 Å². The number of nitrogens with one attached hydrogen (secondary N) is 1. The van der Waals surface area contributed by atoms with Gasteiger partial charge in [-0.25, -0.2) is 0 Å². The normalized spacial score (nSPS) is 24.6. The first kappa shape index (κ1) is 21.7. The van der Waals surface area contributed by atoms with Crippen molar-refractivity contribution in [2.45, 2.75) is 36.8 Å². The summed E-state index contributed by atoms with van der Waals surface area (Å²) in [7, 11) is 1.70. The Bertz CT molecular complexity index is 1350. The average Bonchev–Trinajstić information content (AvgIpc) is 3.20. The number of β-amino-alcohol motifs (C(OH)–C–C–N with tert-alkyl or cyclic N) is 1. The van der Waals surface area contributed by atoms with E-state index in [9.17, 15) is 5.11 Å². The van der Waals surface area contributed by atoms with E-state index in [1.807, 2.05) is 30.3 Å². The Morgan fingerprint density at radius 2 is 1.85 bits per heavy atom. The molecule has 1 aliphatic heterocycles. The Hall–Kier alpha value is -2.79. The molecular formula is C29H29ClN2O2. The maximum absolute atomic E-state index is 12.6. The van der Waals surface area contributed by atoms with Crippen molar-refractivity contribution in [3.8, 4) is 5.75 Å². The van der Waals surface area contributed by atoms with Gasteiger partial charge in [0.2, 0.25) is 0 Å². The highest BCUT2D eigenvalue weighted by molar-refractivity contribution is 6.35. The molecule has 1 aromatic heterocycles. The Labute approximate surface area is 205 Å². The third kappa shape index (κ3) is 3.36. The Balaban J connectivity index is 1.47. The lowest BCUT2D eigenvalue weighted by Gasteiger charge is -2.56. The number of halogens is 1. The number of fused-ring (bicyclic) bond motifs is 4. The van der Waals surface area contributed by atoms with E-state index >= 15 is 0 Å². The van der Waals surface area contributed by atoms with Gasteiger partial charge in [0, 0.05) is 47.9 Å². The molecule has 3 aromatic carbocycles. The van der Waals surface area contributed by atoms with Crippen LogP contribution in [0.4, 0.5) is 0 Å². The minimum atomic E-state index is -0.937. The molecule has 5 heteroatoms. The van der Waals surface area contributed by atoms with Crippen LogP contribution in [0.25, 0.3) is 10.9 Å². The lowest BCUT2D eigenvalue weighted by molar-refractivity contribution is -0.105. The van der Waals surface area contributed by atoms with E-state index < -0.39 is 11.0 Å². The Kier molecular flexibility index (Phi) is 5.21. The van der Waals surface area contributed by atoms with Crippen LogP contribution >= 0.6 is 11.6 Å². The third-order valence-electron chi connectivity index (χ3n) is 8.02. The summed E-state index contributed by atoms with van der Waals surface area (Å²) >= 11 is 6.65. The van der Waals surface area contributed by atoms with Gasteiger partial charge in [0.15, 0.2) is 0 Å². The van der Waals surface area contributed by atoms with Gasteiger partial charge in [-0.2, -0.15) is 0 Å². The zero-order valence-corrected chi connectivity index (χ0v) is 20.1. The fourth-order valence-electron chi connectivity index (χ4n) is 6.34. The number of H-pyrrole nitrogens is 1. The largest absolute Gasteiger partial charge is 0.497 e. The van der Waals surface area contributed by atoms with Gasteiger partial charge in [-0.05, 0) is 53.9 Å². The number of hydrogen-bond donors (Lipinski definition) is 2. The Morgan fingerprint density at radius 1 is 1.03 bits per heavy atom. The molecule has 1 aliphatic carbocycles. The number of methoxy groups -OCH3 is 1. The number of benzene rings is 3. The molecule has 4 nitrogen and oxygen atoms in total. The number of piperidine rings is 1. The zero-order valence-electron chi connectivity index (χ0n) is 19.4. The van der Waals surface area contributed by atoms with E-state index in [0.717, 1.165) is 58.7 Å². The first-order chi connectivity index (χ1) is 16.5. The van der Waals surface area contributed by atoms with Crippen LogP contribution in [0, 0.1) is 0 Å². The molecule has 2 aliphatic rings. The number of aromatic nitrogens is 1. The van der Waals surface area contributed by atoms with Crippen LogP contribution in [0.2, 0.25) is 5.02 Å². The second kappa shape index (κ2) is 8.16. The quantitative estimate of drug-likeness (QED) is 0.412. The number of likely N-dealkylation sites (tertiary alicyclic amines) is 1. The molecule has 4 aromatic rings. The van der Waals surface area contributed by atoms with Gasteiger partial charge in [-0.1, -0.05) is 60.1 Å². The number of rotatable bonds is 4. The number of aliphatic hydroxyl groups is 1. The summed E-state index contributed by atoms with van der Waals surface area (Å²) < 4.78 is 5.57. The molecule has 1 saturated heterocycles. The SMILES string of the molecule is COc1cccc([C@@]23CCN(Cc4ccccc4)C[C@@]2(O)Cc2c([nH]c4cccc(Cl)c24)C3)c1. The van der Waals surface area contributed by atoms with E-state index in [1.54, 1.807) is 7.11 Å². The number of ether oxygens (including phenoxy) is 1. The average molecular weight is 473 g/mol. The highest BCUT2D eigenvalue weighted by Crippen LogP contribution is 2.52. The molecule has 1 fully saturated rings. The van der Waals surface area contributed by atoms with Crippen molar-refractivity contribution in [3.63, 3.8) is 0 Å². The van der Waals surface area contributed by atoms with Crippen LogP contribution in [0.1, 0.15) is 28.8 Å². The molecule has 174 valence electrons. The van der Waals surface area contributed by atoms with Gasteiger partial charge in [0.05, 0.1) is 17.7 Å². The van der Waals surface area contributed by atoms with Crippen LogP contribution < -0.4 is 4.74 Å². The molecule has 0 bridgehead atoms. The van der Waals surface area contributed by atoms with E-state index in [0.29, 0.717) is 13.0 Å². The van der Waals surface area contributed by atoms with Crippen molar-refractivity contribution in [2.24, 2.45) is 0 Å². The summed E-state index contributed by atoms with van der Waals surface area (Å²) in [6.45, 7) is 2.36. The van der Waals surface area contributed by atoms with Crippen molar-refractivity contribution in [3.05, 3.63) is 100 Å². The van der Waals surface area contributed by atoms with Gasteiger partial charge in [0.25, 0.3) is 0 Å². The molecule has 2 heterocycles. The summed E-state index contributed by atoms with van der Waals surface area (Å²) in [5.41, 5.74) is 4.45. The Morgan fingerprint density at radius 3 is 2.68 bits per heavy atom. The predicted octanol–water partition coefficient (Wildman–Crippen LogP) is 5.50. The summed E-state index contributed by atoms with van der Waals surface area (Å²) in [6, 6.07) is 24.8. The lowest BCUT2D eigenvalue weighted by Crippen LogP contribution is -2.66. The van der Waals surface area contributed by atoms with Gasteiger partial charge in [0.1, 0.15) is 5.75 Å². The molecule has 0 amide bonds. The highest BCUT2D eigenvalue weighted by Gasteiger charge is 2.57. The summed E-state index contributed by atoms with van der Waals surface area (Å²) in [5.74, 6) is 0.825.